The van der Waals surface area contributed by atoms with Crippen LogP contribution in [-0.4, -0.2) is 16.5 Å². The van der Waals surface area contributed by atoms with Crippen LogP contribution in [-0.2, 0) is 18.3 Å². The third-order valence-corrected chi connectivity index (χ3v) is 4.68. The van der Waals surface area contributed by atoms with E-state index in [1.54, 1.807) is 24.5 Å². The maximum absolute atomic E-state index is 11.5. The number of aryl methyl sites for hydroxylation is 1. The third-order valence-electron chi connectivity index (χ3n) is 3.52. The minimum absolute atomic E-state index is 0. The van der Waals surface area contributed by atoms with Crippen LogP contribution in [0.25, 0.3) is 21.5 Å². The molecule has 8 heteroatoms. The Morgan fingerprint density at radius 2 is 2.09 bits per heavy atom. The van der Waals surface area contributed by atoms with Crippen molar-refractivity contribution in [2.24, 2.45) is 18.5 Å². The standard InChI is InChI=1S/C15H15N3O3S.ClH/c1-18-11-6-8(2-4-12(11)21-15(18)20)13-5-3-9(22-13)7-10(16)14(17)19;/h2-6,10H,7,16H2,1H3,(H2,17,19);1H/t10-;/m0./s1. The summed E-state index contributed by atoms with van der Waals surface area (Å²) in [4.78, 5) is 24.6. The highest BCUT2D eigenvalue weighted by molar-refractivity contribution is 7.15. The molecule has 3 rings (SSSR count). The van der Waals surface area contributed by atoms with E-state index in [1.165, 1.54) is 4.57 Å². The topological polar surface area (TPSA) is 104 Å². The molecule has 122 valence electrons. The Morgan fingerprint density at radius 1 is 1.35 bits per heavy atom. The Hall–Kier alpha value is -2.09. The molecule has 0 saturated heterocycles. The molecule has 0 aliphatic rings. The van der Waals surface area contributed by atoms with Crippen molar-refractivity contribution in [3.05, 3.63) is 45.8 Å². The minimum Gasteiger partial charge on any atom is -0.408 e. The molecule has 2 heterocycles. The molecule has 6 nitrogen and oxygen atoms in total. The monoisotopic (exact) mass is 353 g/mol. The lowest BCUT2D eigenvalue weighted by Gasteiger charge is -2.04. The largest absolute Gasteiger partial charge is 0.419 e. The van der Waals surface area contributed by atoms with Crippen LogP contribution in [0.2, 0.25) is 0 Å². The van der Waals surface area contributed by atoms with E-state index in [4.69, 9.17) is 15.9 Å². The summed E-state index contributed by atoms with van der Waals surface area (Å²) in [5, 5.41) is 0. The van der Waals surface area contributed by atoms with Crippen molar-refractivity contribution in [2.45, 2.75) is 12.5 Å². The summed E-state index contributed by atoms with van der Waals surface area (Å²) in [5.41, 5.74) is 13.1. The molecule has 1 amide bonds. The van der Waals surface area contributed by atoms with E-state index in [0.717, 1.165) is 20.8 Å². The lowest BCUT2D eigenvalue weighted by molar-refractivity contribution is -0.119. The summed E-state index contributed by atoms with van der Waals surface area (Å²) in [6.07, 6.45) is 0.423. The van der Waals surface area contributed by atoms with Gasteiger partial charge in [-0.15, -0.1) is 23.7 Å². The Balaban J connectivity index is 0.00000192. The molecule has 0 saturated carbocycles. The number of carbonyl (C=O) groups excluding carboxylic acids is 1. The third kappa shape index (κ3) is 3.31. The first kappa shape index (κ1) is 17.3. The number of primary amides is 1. The number of oxazole rings is 1. The summed E-state index contributed by atoms with van der Waals surface area (Å²) in [6.45, 7) is 0. The molecule has 0 fully saturated rings. The maximum atomic E-state index is 11.5. The van der Waals surface area contributed by atoms with E-state index in [2.05, 4.69) is 0 Å². The van der Waals surface area contributed by atoms with Crippen LogP contribution in [0.1, 0.15) is 4.88 Å². The van der Waals surface area contributed by atoms with Crippen molar-refractivity contribution in [3.63, 3.8) is 0 Å². The highest BCUT2D eigenvalue weighted by Crippen LogP contribution is 2.30. The first-order valence-corrected chi connectivity index (χ1v) is 7.51. The molecule has 23 heavy (non-hydrogen) atoms. The number of aromatic nitrogens is 1. The number of hydrogen-bond acceptors (Lipinski definition) is 5. The van der Waals surface area contributed by atoms with Crippen LogP contribution in [0.3, 0.4) is 0 Å². The quantitative estimate of drug-likeness (QED) is 0.743. The average Bonchev–Trinajstić information content (AvgIpc) is 3.05. The number of carbonyl (C=O) groups is 1. The van der Waals surface area contributed by atoms with Crippen molar-refractivity contribution < 1.29 is 9.21 Å². The normalized spacial score (nSPS) is 12.1. The molecule has 0 spiro atoms. The summed E-state index contributed by atoms with van der Waals surface area (Å²) in [7, 11) is 1.67. The summed E-state index contributed by atoms with van der Waals surface area (Å²) >= 11 is 1.55. The predicted octanol–water partition coefficient (Wildman–Crippen LogP) is 1.64. The minimum atomic E-state index is -0.677. The molecule has 0 aliphatic heterocycles. The van der Waals surface area contributed by atoms with Gasteiger partial charge in [-0.2, -0.15) is 0 Å². The lowest BCUT2D eigenvalue weighted by Crippen LogP contribution is -2.37. The fraction of sp³-hybridized carbons (Fsp3) is 0.200. The van der Waals surface area contributed by atoms with Gasteiger partial charge in [0.2, 0.25) is 5.91 Å². The van der Waals surface area contributed by atoms with Crippen LogP contribution in [0.5, 0.6) is 0 Å². The second kappa shape index (κ2) is 6.57. The number of thiophene rings is 1. The summed E-state index contributed by atoms with van der Waals surface area (Å²) in [6, 6.07) is 8.80. The first-order chi connectivity index (χ1) is 10.5. The lowest BCUT2D eigenvalue weighted by atomic mass is 10.1. The van der Waals surface area contributed by atoms with Crippen molar-refractivity contribution in [1.29, 1.82) is 0 Å². The van der Waals surface area contributed by atoms with E-state index in [-0.39, 0.29) is 18.2 Å². The van der Waals surface area contributed by atoms with E-state index >= 15 is 0 Å². The molecule has 4 N–H and O–H groups in total. The van der Waals surface area contributed by atoms with Gasteiger partial charge >= 0.3 is 5.76 Å². The smallest absolute Gasteiger partial charge is 0.408 e. The number of rotatable bonds is 4. The highest BCUT2D eigenvalue weighted by Gasteiger charge is 2.13. The van der Waals surface area contributed by atoms with Crippen molar-refractivity contribution in [1.82, 2.24) is 4.57 Å². The number of nitrogens with two attached hydrogens (primary N) is 2. The van der Waals surface area contributed by atoms with E-state index in [1.807, 2.05) is 24.3 Å². The number of hydrogen-bond donors (Lipinski definition) is 2. The number of nitrogens with zero attached hydrogens (tertiary/aromatic N) is 1. The molecule has 0 aliphatic carbocycles. The first-order valence-electron chi connectivity index (χ1n) is 6.69. The maximum Gasteiger partial charge on any atom is 0.419 e. The van der Waals surface area contributed by atoms with E-state index in [9.17, 15) is 9.59 Å². The molecule has 0 bridgehead atoms. The zero-order valence-electron chi connectivity index (χ0n) is 12.3. The van der Waals surface area contributed by atoms with Crippen LogP contribution < -0.4 is 17.2 Å². The molecular formula is C15H16ClN3O3S. The zero-order valence-corrected chi connectivity index (χ0v) is 13.9. The molecule has 0 radical (unpaired) electrons. The zero-order chi connectivity index (χ0) is 15.9. The number of amides is 1. The number of halogens is 1. The van der Waals surface area contributed by atoms with Crippen LogP contribution in [0.15, 0.2) is 39.5 Å². The Kier molecular flexibility index (Phi) is 4.93. The second-order valence-corrected chi connectivity index (χ2v) is 6.26. The SMILES string of the molecule is Cl.Cn1c(=O)oc2ccc(-c3ccc(C[C@H](N)C(N)=O)s3)cc21. The van der Waals surface area contributed by atoms with Crippen molar-refractivity contribution in [2.75, 3.05) is 0 Å². The number of fused-ring (bicyclic) bond motifs is 1. The van der Waals surface area contributed by atoms with Gasteiger partial charge in [-0.3, -0.25) is 9.36 Å². The molecule has 0 unspecified atom stereocenters. The Labute approximate surface area is 142 Å². The molecule has 2 aromatic heterocycles. The van der Waals surface area contributed by atoms with E-state index < -0.39 is 11.9 Å². The van der Waals surface area contributed by atoms with Gasteiger partial charge in [0.05, 0.1) is 11.6 Å². The molecule has 1 aromatic carbocycles. The molecule has 1 atom stereocenters. The Bertz CT molecular complexity index is 912. The van der Waals surface area contributed by atoms with Gasteiger partial charge in [-0.25, -0.2) is 4.79 Å². The summed E-state index contributed by atoms with van der Waals surface area (Å²) < 4.78 is 6.59. The summed E-state index contributed by atoms with van der Waals surface area (Å²) in [5.74, 6) is -0.892. The fourth-order valence-corrected chi connectivity index (χ4v) is 3.30. The molecule has 3 aromatic rings. The number of benzene rings is 1. The Morgan fingerprint density at radius 3 is 2.78 bits per heavy atom. The van der Waals surface area contributed by atoms with Gasteiger partial charge in [0, 0.05) is 23.2 Å². The van der Waals surface area contributed by atoms with Crippen LogP contribution in [0.4, 0.5) is 0 Å². The van der Waals surface area contributed by atoms with E-state index in [0.29, 0.717) is 12.0 Å². The van der Waals surface area contributed by atoms with Crippen LogP contribution >= 0.6 is 23.7 Å². The predicted molar refractivity (Wildman–Crippen MR) is 92.9 cm³/mol. The second-order valence-electron chi connectivity index (χ2n) is 5.09. The van der Waals surface area contributed by atoms with Crippen molar-refractivity contribution >= 4 is 40.8 Å². The fourth-order valence-electron chi connectivity index (χ4n) is 2.24. The van der Waals surface area contributed by atoms with Gasteiger partial charge in [0.1, 0.15) is 0 Å². The van der Waals surface area contributed by atoms with Crippen molar-refractivity contribution in [3.8, 4) is 10.4 Å². The molecular weight excluding hydrogens is 338 g/mol. The van der Waals surface area contributed by atoms with Gasteiger partial charge in [-0.05, 0) is 35.9 Å². The van der Waals surface area contributed by atoms with Crippen LogP contribution in [0, 0.1) is 0 Å². The van der Waals surface area contributed by atoms with Gasteiger partial charge in [0.25, 0.3) is 0 Å². The van der Waals surface area contributed by atoms with Gasteiger partial charge < -0.3 is 15.9 Å². The van der Waals surface area contributed by atoms with Gasteiger partial charge in [0.15, 0.2) is 5.58 Å². The van der Waals surface area contributed by atoms with Gasteiger partial charge in [-0.1, -0.05) is 0 Å². The highest BCUT2D eigenvalue weighted by atomic mass is 35.5. The average molecular weight is 354 g/mol.